The summed E-state index contributed by atoms with van der Waals surface area (Å²) in [5, 5.41) is 18.3. The molecule has 11 heavy (non-hydrogen) atoms. The SMILES string of the molecule is N#Cc1ccc(CBr)cc1O. The maximum absolute atomic E-state index is 9.18. The van der Waals surface area contributed by atoms with E-state index < -0.39 is 0 Å². The second-order valence-corrected chi connectivity index (χ2v) is 2.66. The molecule has 3 heteroatoms. The van der Waals surface area contributed by atoms with E-state index >= 15 is 0 Å². The summed E-state index contributed by atoms with van der Waals surface area (Å²) >= 11 is 3.24. The lowest BCUT2D eigenvalue weighted by molar-refractivity contribution is 0.473. The Bertz CT molecular complexity index is 303. The van der Waals surface area contributed by atoms with Crippen molar-refractivity contribution in [2.45, 2.75) is 5.33 Å². The van der Waals surface area contributed by atoms with Crippen molar-refractivity contribution in [3.63, 3.8) is 0 Å². The predicted octanol–water partition coefficient (Wildman–Crippen LogP) is 2.16. The van der Waals surface area contributed by atoms with E-state index in [0.717, 1.165) is 5.56 Å². The van der Waals surface area contributed by atoms with Crippen molar-refractivity contribution in [1.29, 1.82) is 5.26 Å². The van der Waals surface area contributed by atoms with Gasteiger partial charge in [0.2, 0.25) is 0 Å². The zero-order valence-electron chi connectivity index (χ0n) is 5.71. The highest BCUT2D eigenvalue weighted by atomic mass is 79.9. The van der Waals surface area contributed by atoms with E-state index in [9.17, 15) is 5.11 Å². The van der Waals surface area contributed by atoms with Gasteiger partial charge >= 0.3 is 0 Å². The Balaban J connectivity index is 3.12. The number of nitriles is 1. The van der Waals surface area contributed by atoms with Gasteiger partial charge in [-0.25, -0.2) is 0 Å². The number of benzene rings is 1. The van der Waals surface area contributed by atoms with Gasteiger partial charge in [0.25, 0.3) is 0 Å². The van der Waals surface area contributed by atoms with Crippen LogP contribution in [0.25, 0.3) is 0 Å². The van der Waals surface area contributed by atoms with Crippen LogP contribution in [-0.4, -0.2) is 5.11 Å². The van der Waals surface area contributed by atoms with E-state index in [1.165, 1.54) is 0 Å². The molecule has 0 aromatic heterocycles. The van der Waals surface area contributed by atoms with Gasteiger partial charge in [0, 0.05) is 5.33 Å². The summed E-state index contributed by atoms with van der Waals surface area (Å²) in [5.74, 6) is 0.0458. The predicted molar refractivity (Wildman–Crippen MR) is 45.5 cm³/mol. The standard InChI is InChI=1S/C8H6BrNO/c9-4-6-1-2-7(5-10)8(11)3-6/h1-3,11H,4H2. The van der Waals surface area contributed by atoms with Gasteiger partial charge in [-0.05, 0) is 17.7 Å². The summed E-state index contributed by atoms with van der Waals surface area (Å²) in [5.41, 5.74) is 1.27. The summed E-state index contributed by atoms with van der Waals surface area (Å²) in [6, 6.07) is 6.86. The molecule has 0 atom stereocenters. The molecule has 0 fully saturated rings. The van der Waals surface area contributed by atoms with Gasteiger partial charge in [-0.1, -0.05) is 22.0 Å². The summed E-state index contributed by atoms with van der Waals surface area (Å²) in [6.45, 7) is 0. The zero-order chi connectivity index (χ0) is 8.27. The largest absolute Gasteiger partial charge is 0.507 e. The van der Waals surface area contributed by atoms with Crippen LogP contribution >= 0.6 is 15.9 Å². The van der Waals surface area contributed by atoms with Gasteiger partial charge in [-0.3, -0.25) is 0 Å². The van der Waals surface area contributed by atoms with Crippen molar-refractivity contribution >= 4 is 15.9 Å². The van der Waals surface area contributed by atoms with Gasteiger partial charge in [0.05, 0.1) is 5.56 Å². The number of halogens is 1. The molecule has 2 nitrogen and oxygen atoms in total. The lowest BCUT2D eigenvalue weighted by Gasteiger charge is -1.97. The Morgan fingerprint density at radius 1 is 1.55 bits per heavy atom. The van der Waals surface area contributed by atoms with Crippen LogP contribution in [0.4, 0.5) is 0 Å². The van der Waals surface area contributed by atoms with Gasteiger partial charge in [-0.15, -0.1) is 0 Å². The molecule has 0 aliphatic heterocycles. The van der Waals surface area contributed by atoms with E-state index in [0.29, 0.717) is 10.9 Å². The molecular formula is C8H6BrNO. The summed E-state index contributed by atoms with van der Waals surface area (Å²) < 4.78 is 0. The fourth-order valence-electron chi connectivity index (χ4n) is 0.755. The second-order valence-electron chi connectivity index (χ2n) is 2.10. The molecule has 0 aliphatic carbocycles. The van der Waals surface area contributed by atoms with Crippen molar-refractivity contribution < 1.29 is 5.11 Å². The first-order chi connectivity index (χ1) is 5.27. The Hall–Kier alpha value is -1.01. The molecule has 0 amide bonds. The molecule has 0 heterocycles. The first-order valence-electron chi connectivity index (χ1n) is 3.06. The lowest BCUT2D eigenvalue weighted by Crippen LogP contribution is -1.80. The van der Waals surface area contributed by atoms with E-state index in [2.05, 4.69) is 15.9 Å². The highest BCUT2D eigenvalue weighted by molar-refractivity contribution is 9.08. The average Bonchev–Trinajstić information content (AvgIpc) is 2.04. The highest BCUT2D eigenvalue weighted by Crippen LogP contribution is 2.18. The summed E-state index contributed by atoms with van der Waals surface area (Å²) in [6.07, 6.45) is 0. The third-order valence-electron chi connectivity index (χ3n) is 1.34. The van der Waals surface area contributed by atoms with E-state index in [-0.39, 0.29) is 5.75 Å². The molecule has 0 saturated carbocycles. The molecule has 1 aromatic rings. The molecule has 0 spiro atoms. The van der Waals surface area contributed by atoms with Crippen molar-refractivity contribution in [2.75, 3.05) is 0 Å². The third kappa shape index (κ3) is 1.72. The van der Waals surface area contributed by atoms with Gasteiger partial charge in [0.1, 0.15) is 11.8 Å². The van der Waals surface area contributed by atoms with Crippen LogP contribution in [-0.2, 0) is 5.33 Å². The molecule has 1 N–H and O–H groups in total. The lowest BCUT2D eigenvalue weighted by atomic mass is 10.1. The van der Waals surface area contributed by atoms with Crippen molar-refractivity contribution in [3.8, 4) is 11.8 Å². The summed E-state index contributed by atoms with van der Waals surface area (Å²) in [4.78, 5) is 0. The second kappa shape index (κ2) is 3.40. The molecule has 56 valence electrons. The fourth-order valence-corrected chi connectivity index (χ4v) is 1.10. The Morgan fingerprint density at radius 2 is 2.27 bits per heavy atom. The number of hydrogen-bond donors (Lipinski definition) is 1. The highest BCUT2D eigenvalue weighted by Gasteiger charge is 1.99. The normalized spacial score (nSPS) is 9.09. The Morgan fingerprint density at radius 3 is 2.73 bits per heavy atom. The molecule has 0 unspecified atom stereocenters. The van der Waals surface area contributed by atoms with Crippen LogP contribution in [0.1, 0.15) is 11.1 Å². The van der Waals surface area contributed by atoms with Crippen LogP contribution in [0.15, 0.2) is 18.2 Å². The minimum atomic E-state index is 0.0458. The molecule has 1 rings (SSSR count). The van der Waals surface area contributed by atoms with Crippen LogP contribution in [0.5, 0.6) is 5.75 Å². The van der Waals surface area contributed by atoms with Crippen LogP contribution in [0, 0.1) is 11.3 Å². The van der Waals surface area contributed by atoms with Gasteiger partial charge < -0.3 is 5.11 Å². The maximum atomic E-state index is 9.18. The van der Waals surface area contributed by atoms with Gasteiger partial charge in [0.15, 0.2) is 0 Å². The molecule has 1 aromatic carbocycles. The number of aromatic hydroxyl groups is 1. The number of phenolic OH excluding ortho intramolecular Hbond substituents is 1. The number of phenols is 1. The van der Waals surface area contributed by atoms with E-state index in [1.807, 2.05) is 6.07 Å². The Kier molecular flexibility index (Phi) is 2.50. The van der Waals surface area contributed by atoms with Crippen LogP contribution < -0.4 is 0 Å². The Labute approximate surface area is 73.2 Å². The average molecular weight is 212 g/mol. The number of nitrogens with zero attached hydrogens (tertiary/aromatic N) is 1. The topological polar surface area (TPSA) is 44.0 Å². The number of alkyl halides is 1. The van der Waals surface area contributed by atoms with Gasteiger partial charge in [-0.2, -0.15) is 5.26 Å². The molecular weight excluding hydrogens is 206 g/mol. The zero-order valence-corrected chi connectivity index (χ0v) is 7.30. The number of hydrogen-bond acceptors (Lipinski definition) is 2. The summed E-state index contributed by atoms with van der Waals surface area (Å²) in [7, 11) is 0. The van der Waals surface area contributed by atoms with Crippen LogP contribution in [0.2, 0.25) is 0 Å². The third-order valence-corrected chi connectivity index (χ3v) is 1.98. The van der Waals surface area contributed by atoms with Crippen molar-refractivity contribution in [2.24, 2.45) is 0 Å². The number of rotatable bonds is 1. The van der Waals surface area contributed by atoms with E-state index in [4.69, 9.17) is 5.26 Å². The minimum absolute atomic E-state index is 0.0458. The minimum Gasteiger partial charge on any atom is -0.507 e. The molecule has 0 bridgehead atoms. The monoisotopic (exact) mass is 211 g/mol. The smallest absolute Gasteiger partial charge is 0.133 e. The molecule has 0 aliphatic rings. The maximum Gasteiger partial charge on any atom is 0.133 e. The van der Waals surface area contributed by atoms with E-state index in [1.54, 1.807) is 18.2 Å². The fraction of sp³-hybridized carbons (Fsp3) is 0.125. The quantitative estimate of drug-likeness (QED) is 0.724. The first-order valence-corrected chi connectivity index (χ1v) is 4.18. The van der Waals surface area contributed by atoms with Crippen molar-refractivity contribution in [3.05, 3.63) is 29.3 Å². The van der Waals surface area contributed by atoms with Crippen molar-refractivity contribution in [1.82, 2.24) is 0 Å². The molecule has 0 radical (unpaired) electrons. The first kappa shape index (κ1) is 8.09. The molecule has 0 saturated heterocycles. The van der Waals surface area contributed by atoms with Crippen LogP contribution in [0.3, 0.4) is 0 Å².